The van der Waals surface area contributed by atoms with Gasteiger partial charge in [0.15, 0.2) is 0 Å². The van der Waals surface area contributed by atoms with Crippen molar-refractivity contribution in [1.29, 1.82) is 0 Å². The van der Waals surface area contributed by atoms with Crippen molar-refractivity contribution in [3.63, 3.8) is 0 Å². The number of carbonyl (C=O) groups excluding carboxylic acids is 1. The number of primary sulfonamides is 1. The molecule has 0 unspecified atom stereocenters. The third-order valence-corrected chi connectivity index (χ3v) is 6.62. The van der Waals surface area contributed by atoms with Crippen LogP contribution in [-0.2, 0) is 14.8 Å². The van der Waals surface area contributed by atoms with Gasteiger partial charge in [-0.25, -0.2) is 23.5 Å². The summed E-state index contributed by atoms with van der Waals surface area (Å²) < 4.78 is 23.2. The normalized spacial score (nSPS) is 14.5. The summed E-state index contributed by atoms with van der Waals surface area (Å²) in [6.07, 6.45) is 3.44. The number of nitrogens with zero attached hydrogens (tertiary/aromatic N) is 4. The highest BCUT2D eigenvalue weighted by Crippen LogP contribution is 2.17. The van der Waals surface area contributed by atoms with Gasteiger partial charge in [-0.05, 0) is 30.3 Å². The number of piperazine rings is 1. The molecule has 2 aromatic rings. The molecule has 1 saturated heterocycles. The first kappa shape index (κ1) is 21.4. The molecule has 29 heavy (non-hydrogen) atoms. The summed E-state index contributed by atoms with van der Waals surface area (Å²) in [5, 5.41) is 7.76. The molecule has 1 fully saturated rings. The Kier molecular flexibility index (Phi) is 7.00. The second kappa shape index (κ2) is 9.48. The summed E-state index contributed by atoms with van der Waals surface area (Å²) in [6.45, 7) is 2.99. The van der Waals surface area contributed by atoms with E-state index in [1.807, 2.05) is 0 Å². The van der Waals surface area contributed by atoms with Crippen molar-refractivity contribution in [2.75, 3.05) is 42.1 Å². The summed E-state index contributed by atoms with van der Waals surface area (Å²) in [5.74, 6) is 0.646. The molecule has 0 radical (unpaired) electrons. The average Bonchev–Trinajstić information content (AvgIpc) is 2.72. The minimum Gasteiger partial charge on any atom is -0.354 e. The van der Waals surface area contributed by atoms with E-state index in [-0.39, 0.29) is 16.6 Å². The quantitative estimate of drug-likeness (QED) is 0.637. The van der Waals surface area contributed by atoms with Crippen molar-refractivity contribution >= 4 is 55.9 Å². The smallest absolute Gasteiger partial charge is 0.238 e. The van der Waals surface area contributed by atoms with Gasteiger partial charge in [-0.15, -0.1) is 0 Å². The van der Waals surface area contributed by atoms with Gasteiger partial charge >= 0.3 is 0 Å². The third-order valence-electron chi connectivity index (χ3n) is 4.17. The second-order valence-corrected chi connectivity index (χ2v) is 9.37. The average molecular weight is 453 g/mol. The lowest BCUT2D eigenvalue weighted by atomic mass is 10.3. The lowest BCUT2D eigenvalue weighted by Gasteiger charge is -2.35. The highest BCUT2D eigenvalue weighted by atomic mass is 32.2. The van der Waals surface area contributed by atoms with Crippen LogP contribution in [-0.4, -0.2) is 65.4 Å². The van der Waals surface area contributed by atoms with E-state index in [1.165, 1.54) is 36.0 Å². The number of anilines is 2. The highest BCUT2D eigenvalue weighted by molar-refractivity contribution is 8.23. The largest absolute Gasteiger partial charge is 0.354 e. The number of hydrogen-bond acceptors (Lipinski definition) is 8. The van der Waals surface area contributed by atoms with E-state index < -0.39 is 10.0 Å². The van der Waals surface area contributed by atoms with Gasteiger partial charge in [-0.3, -0.25) is 4.79 Å². The fourth-order valence-corrected chi connectivity index (χ4v) is 4.25. The molecule has 3 rings (SSSR count). The number of thiocarbonyl (C=S) groups is 1. The van der Waals surface area contributed by atoms with E-state index in [4.69, 9.17) is 17.4 Å². The van der Waals surface area contributed by atoms with Gasteiger partial charge in [0.2, 0.25) is 21.9 Å². The zero-order chi connectivity index (χ0) is 20.9. The fraction of sp³-hybridized carbons (Fsp3) is 0.294. The number of hydrogen-bond donors (Lipinski definition) is 2. The van der Waals surface area contributed by atoms with E-state index >= 15 is 0 Å². The number of rotatable bonds is 5. The molecule has 0 bridgehead atoms. The van der Waals surface area contributed by atoms with Gasteiger partial charge in [-0.1, -0.05) is 24.0 Å². The number of nitrogens with one attached hydrogen (secondary N) is 1. The molecule has 0 spiro atoms. The van der Waals surface area contributed by atoms with E-state index in [2.05, 4.69) is 25.1 Å². The molecular formula is C17H20N6O3S3. The third kappa shape index (κ3) is 6.10. The van der Waals surface area contributed by atoms with Crippen LogP contribution in [0.15, 0.2) is 47.6 Å². The Labute approximate surface area is 178 Å². The molecule has 9 nitrogen and oxygen atoms in total. The minimum atomic E-state index is -3.75. The first-order valence-electron chi connectivity index (χ1n) is 8.69. The predicted octanol–water partition coefficient (Wildman–Crippen LogP) is 0.903. The number of aromatic nitrogens is 2. The van der Waals surface area contributed by atoms with Gasteiger partial charge < -0.3 is 15.1 Å². The zero-order valence-corrected chi connectivity index (χ0v) is 17.8. The summed E-state index contributed by atoms with van der Waals surface area (Å²) in [7, 11) is -3.75. The maximum absolute atomic E-state index is 12.1. The van der Waals surface area contributed by atoms with Gasteiger partial charge in [0.25, 0.3) is 0 Å². The number of nitrogens with two attached hydrogens (primary N) is 1. The molecule has 0 aliphatic carbocycles. The number of thioether (sulfide) groups is 1. The molecule has 3 N–H and O–H groups in total. The van der Waals surface area contributed by atoms with E-state index in [1.54, 1.807) is 18.5 Å². The molecule has 154 valence electrons. The SMILES string of the molecule is NS(=O)(=O)c1ccc(NC(=O)CSC(=S)N2CCN(c3ncccn3)CC2)cc1. The Balaban J connectivity index is 1.43. The minimum absolute atomic E-state index is 0.00824. The van der Waals surface area contributed by atoms with E-state index in [9.17, 15) is 13.2 Å². The lowest BCUT2D eigenvalue weighted by molar-refractivity contribution is -0.113. The van der Waals surface area contributed by atoms with Crippen molar-refractivity contribution in [2.45, 2.75) is 4.90 Å². The standard InChI is InChI=1S/C17H20N6O3S3/c18-29(25,26)14-4-2-13(3-5-14)21-15(24)12-28-17(27)23-10-8-22(9-11-23)16-19-6-1-7-20-16/h1-7H,8-12H2,(H,21,24)(H2,18,25,26). The number of amides is 1. The Bertz CT molecular complexity index is 962. The second-order valence-electron chi connectivity index (χ2n) is 6.20. The molecule has 12 heteroatoms. The fourth-order valence-electron chi connectivity index (χ4n) is 2.69. The van der Waals surface area contributed by atoms with Crippen LogP contribution in [0.25, 0.3) is 0 Å². The van der Waals surface area contributed by atoms with Crippen molar-refractivity contribution in [1.82, 2.24) is 14.9 Å². The molecule has 1 aromatic carbocycles. The van der Waals surface area contributed by atoms with Gasteiger partial charge in [0, 0.05) is 44.3 Å². The maximum Gasteiger partial charge on any atom is 0.238 e. The van der Waals surface area contributed by atoms with Gasteiger partial charge in [0.1, 0.15) is 4.32 Å². The Hall–Kier alpha value is -2.28. The molecule has 2 heterocycles. The monoisotopic (exact) mass is 452 g/mol. The van der Waals surface area contributed by atoms with Crippen molar-refractivity contribution in [3.05, 3.63) is 42.7 Å². The van der Waals surface area contributed by atoms with E-state index in [0.29, 0.717) is 16.0 Å². The highest BCUT2D eigenvalue weighted by Gasteiger charge is 2.21. The summed E-state index contributed by atoms with van der Waals surface area (Å²) in [4.78, 5) is 24.8. The molecule has 1 amide bonds. The van der Waals surface area contributed by atoms with Crippen LogP contribution < -0.4 is 15.4 Å². The number of carbonyl (C=O) groups is 1. The van der Waals surface area contributed by atoms with E-state index in [0.717, 1.165) is 26.2 Å². The number of benzene rings is 1. The molecule has 1 aromatic heterocycles. The molecule has 1 aliphatic heterocycles. The first-order chi connectivity index (χ1) is 13.8. The lowest BCUT2D eigenvalue weighted by Crippen LogP contribution is -2.48. The molecule has 0 atom stereocenters. The van der Waals surface area contributed by atoms with Crippen LogP contribution in [0.3, 0.4) is 0 Å². The summed E-state index contributed by atoms with van der Waals surface area (Å²) >= 11 is 6.74. The van der Waals surface area contributed by atoms with Crippen LogP contribution >= 0.6 is 24.0 Å². The molecular weight excluding hydrogens is 432 g/mol. The summed E-state index contributed by atoms with van der Waals surface area (Å²) in [5.41, 5.74) is 0.491. The van der Waals surface area contributed by atoms with Crippen LogP contribution in [0, 0.1) is 0 Å². The Morgan fingerprint density at radius 2 is 1.76 bits per heavy atom. The van der Waals surface area contributed by atoms with Crippen molar-refractivity contribution in [2.24, 2.45) is 5.14 Å². The summed E-state index contributed by atoms with van der Waals surface area (Å²) in [6, 6.07) is 7.46. The van der Waals surface area contributed by atoms with Gasteiger partial charge in [0.05, 0.1) is 10.6 Å². The Morgan fingerprint density at radius 1 is 1.14 bits per heavy atom. The molecule has 0 saturated carbocycles. The van der Waals surface area contributed by atoms with Crippen LogP contribution in [0.4, 0.5) is 11.6 Å². The Morgan fingerprint density at radius 3 is 2.34 bits per heavy atom. The first-order valence-corrected chi connectivity index (χ1v) is 11.6. The van der Waals surface area contributed by atoms with Crippen molar-refractivity contribution in [3.8, 4) is 0 Å². The van der Waals surface area contributed by atoms with Crippen LogP contribution in [0.1, 0.15) is 0 Å². The van der Waals surface area contributed by atoms with Gasteiger partial charge in [-0.2, -0.15) is 0 Å². The van der Waals surface area contributed by atoms with Crippen LogP contribution in [0.5, 0.6) is 0 Å². The maximum atomic E-state index is 12.1. The number of sulfonamides is 1. The predicted molar refractivity (Wildman–Crippen MR) is 117 cm³/mol. The van der Waals surface area contributed by atoms with Crippen LogP contribution in [0.2, 0.25) is 0 Å². The van der Waals surface area contributed by atoms with Crippen molar-refractivity contribution < 1.29 is 13.2 Å². The molecule has 1 aliphatic rings. The zero-order valence-electron chi connectivity index (χ0n) is 15.4. The topological polar surface area (TPSA) is 122 Å².